The summed E-state index contributed by atoms with van der Waals surface area (Å²) in [5.74, 6) is 1.64. The first kappa shape index (κ1) is 42.3. The largest absolute Gasteiger partial charge is 0.488 e. The van der Waals surface area contributed by atoms with E-state index in [-0.39, 0.29) is 11.2 Å². The lowest BCUT2D eigenvalue weighted by molar-refractivity contribution is 0.130. The summed E-state index contributed by atoms with van der Waals surface area (Å²) < 4.78 is 12.1. The summed E-state index contributed by atoms with van der Waals surface area (Å²) in [5.41, 5.74) is 9.80. The third-order valence-electron chi connectivity index (χ3n) is 9.72. The average molecular weight is 811 g/mol. The molecule has 0 radical (unpaired) electrons. The Morgan fingerprint density at radius 3 is 1.18 bits per heavy atom. The van der Waals surface area contributed by atoms with Gasteiger partial charge in [0.05, 0.1) is 18.2 Å². The molecule has 6 nitrogen and oxygen atoms in total. The fraction of sp³-hybridized carbons (Fsp3) is 0.143. The van der Waals surface area contributed by atoms with Gasteiger partial charge in [-0.3, -0.25) is 0 Å². The standard InChI is InChI=1S/C56H50N4O2/c1-55(2,3)61-52-34-30-50(31-35-52)59(46-14-10-8-11-15-46)48-26-20-41(21-27-48)18-24-43-39-54(58-7)44(38-45(43)40-57)25-19-42-22-28-49(29-23-42)60(47-16-12-9-13-17-47)51-32-36-53(37-33-51)62-56(4,5)6/h8-39H,1-6H3/b24-18+,25-19+. The van der Waals surface area contributed by atoms with Crippen LogP contribution in [0, 0.1) is 17.9 Å². The maximum atomic E-state index is 10.2. The first-order valence-corrected chi connectivity index (χ1v) is 20.7. The highest BCUT2D eigenvalue weighted by Crippen LogP contribution is 2.38. The summed E-state index contributed by atoms with van der Waals surface area (Å²) >= 11 is 0. The number of anilines is 6. The number of nitrogens with zero attached hydrogens (tertiary/aromatic N) is 4. The third-order valence-corrected chi connectivity index (χ3v) is 9.72. The molecule has 0 aliphatic carbocycles. The lowest BCUT2D eigenvalue weighted by atomic mass is 10.0. The minimum atomic E-state index is -0.284. The van der Waals surface area contributed by atoms with Crippen LogP contribution in [0.1, 0.15) is 69.4 Å². The zero-order valence-electron chi connectivity index (χ0n) is 36.1. The predicted molar refractivity (Wildman–Crippen MR) is 258 cm³/mol. The van der Waals surface area contributed by atoms with Gasteiger partial charge in [0.1, 0.15) is 22.7 Å². The molecule has 0 aromatic heterocycles. The monoisotopic (exact) mass is 810 g/mol. The van der Waals surface area contributed by atoms with E-state index in [1.165, 1.54) is 0 Å². The van der Waals surface area contributed by atoms with Gasteiger partial charge in [0.25, 0.3) is 0 Å². The molecule has 62 heavy (non-hydrogen) atoms. The van der Waals surface area contributed by atoms with Gasteiger partial charge in [0.15, 0.2) is 5.69 Å². The van der Waals surface area contributed by atoms with E-state index in [0.29, 0.717) is 22.4 Å². The van der Waals surface area contributed by atoms with Gasteiger partial charge in [-0.15, -0.1) is 0 Å². The van der Waals surface area contributed by atoms with E-state index in [1.54, 1.807) is 12.1 Å². The summed E-state index contributed by atoms with van der Waals surface area (Å²) in [6.07, 6.45) is 7.76. The minimum Gasteiger partial charge on any atom is -0.488 e. The van der Waals surface area contributed by atoms with Gasteiger partial charge >= 0.3 is 0 Å². The molecule has 0 heterocycles. The summed E-state index contributed by atoms with van der Waals surface area (Å²) in [6.45, 7) is 20.2. The van der Waals surface area contributed by atoms with Crippen molar-refractivity contribution in [1.82, 2.24) is 0 Å². The van der Waals surface area contributed by atoms with Crippen LogP contribution in [0.5, 0.6) is 11.5 Å². The molecule has 0 N–H and O–H groups in total. The van der Waals surface area contributed by atoms with Crippen molar-refractivity contribution in [2.24, 2.45) is 0 Å². The van der Waals surface area contributed by atoms with Gasteiger partial charge in [-0.1, -0.05) is 85.0 Å². The first-order valence-electron chi connectivity index (χ1n) is 20.7. The SMILES string of the molecule is [C-]#[N+]c1cc(/C=C/c2ccc(N(c3ccccc3)c3ccc(OC(C)(C)C)cc3)cc2)c(C#N)cc1/C=C/c1ccc(N(c2ccccc2)c2ccc(OC(C)(C)C)cc2)cc1. The van der Waals surface area contributed by atoms with Crippen molar-refractivity contribution in [3.63, 3.8) is 0 Å². The van der Waals surface area contributed by atoms with Crippen LogP contribution in [0.4, 0.5) is 39.8 Å². The van der Waals surface area contributed by atoms with Gasteiger partial charge in [-0.2, -0.15) is 5.26 Å². The molecule has 306 valence electrons. The molecular formula is C56H50N4O2. The highest BCUT2D eigenvalue weighted by Gasteiger charge is 2.17. The Kier molecular flexibility index (Phi) is 12.7. The van der Waals surface area contributed by atoms with E-state index in [9.17, 15) is 5.26 Å². The fourth-order valence-electron chi connectivity index (χ4n) is 7.01. The third kappa shape index (κ3) is 10.9. The van der Waals surface area contributed by atoms with Crippen molar-refractivity contribution < 1.29 is 9.47 Å². The number of hydrogen-bond donors (Lipinski definition) is 0. The predicted octanol–water partition coefficient (Wildman–Crippen LogP) is 15.7. The van der Waals surface area contributed by atoms with Crippen molar-refractivity contribution in [3.8, 4) is 17.6 Å². The van der Waals surface area contributed by atoms with Gasteiger partial charge in [0, 0.05) is 34.1 Å². The lowest BCUT2D eigenvalue weighted by Crippen LogP contribution is -2.22. The van der Waals surface area contributed by atoms with E-state index in [1.807, 2.05) is 127 Å². The molecule has 0 fully saturated rings. The van der Waals surface area contributed by atoms with Gasteiger partial charge in [-0.25, -0.2) is 4.85 Å². The Bertz CT molecular complexity index is 2540. The summed E-state index contributed by atoms with van der Waals surface area (Å²) in [4.78, 5) is 8.25. The van der Waals surface area contributed by atoms with E-state index in [0.717, 1.165) is 56.8 Å². The number of hydrogen-bond acceptors (Lipinski definition) is 5. The van der Waals surface area contributed by atoms with Crippen LogP contribution >= 0.6 is 0 Å². The maximum Gasteiger partial charge on any atom is 0.194 e. The van der Waals surface area contributed by atoms with E-state index in [4.69, 9.17) is 16.0 Å². The Morgan fingerprint density at radius 2 is 0.823 bits per heavy atom. The smallest absolute Gasteiger partial charge is 0.194 e. The molecule has 7 rings (SSSR count). The number of ether oxygens (including phenoxy) is 2. The van der Waals surface area contributed by atoms with Gasteiger partial charge in [0.2, 0.25) is 0 Å². The Morgan fingerprint density at radius 1 is 0.468 bits per heavy atom. The van der Waals surface area contributed by atoms with Crippen molar-refractivity contribution >= 4 is 64.1 Å². The van der Waals surface area contributed by atoms with Crippen molar-refractivity contribution in [2.45, 2.75) is 52.7 Å². The van der Waals surface area contributed by atoms with Crippen LogP contribution in [-0.2, 0) is 0 Å². The summed E-state index contributed by atoms with van der Waals surface area (Å²) in [6, 6.07) is 59.3. The van der Waals surface area contributed by atoms with Gasteiger partial charge < -0.3 is 19.3 Å². The molecule has 0 spiro atoms. The Labute approximate surface area is 366 Å². The Hall–Kier alpha value is -7.80. The number of para-hydroxylation sites is 2. The van der Waals surface area contributed by atoms with Crippen LogP contribution in [0.2, 0.25) is 0 Å². The van der Waals surface area contributed by atoms with Gasteiger partial charge in [-0.05, 0) is 173 Å². The topological polar surface area (TPSA) is 53.1 Å². The quantitative estimate of drug-likeness (QED) is 0.0909. The minimum absolute atomic E-state index is 0.284. The molecule has 0 bridgehead atoms. The second-order valence-electron chi connectivity index (χ2n) is 16.8. The van der Waals surface area contributed by atoms with Crippen LogP contribution < -0.4 is 19.3 Å². The molecule has 0 atom stereocenters. The molecule has 0 unspecified atom stereocenters. The van der Waals surface area contributed by atoms with E-state index < -0.39 is 0 Å². The molecule has 0 amide bonds. The van der Waals surface area contributed by atoms with E-state index >= 15 is 0 Å². The van der Waals surface area contributed by atoms with E-state index in [2.05, 4.69) is 118 Å². The zero-order valence-corrected chi connectivity index (χ0v) is 36.1. The van der Waals surface area contributed by atoms with Crippen LogP contribution in [0.3, 0.4) is 0 Å². The molecular weight excluding hydrogens is 761 g/mol. The Balaban J connectivity index is 1.09. The molecule has 6 heteroatoms. The molecule has 0 aliphatic heterocycles. The second kappa shape index (κ2) is 18.6. The maximum absolute atomic E-state index is 10.2. The molecule has 0 saturated carbocycles. The van der Waals surface area contributed by atoms with Crippen molar-refractivity contribution in [2.75, 3.05) is 9.80 Å². The highest BCUT2D eigenvalue weighted by molar-refractivity contribution is 5.84. The number of rotatable bonds is 12. The normalized spacial score (nSPS) is 11.5. The summed E-state index contributed by atoms with van der Waals surface area (Å²) in [5, 5.41) is 10.2. The molecule has 7 aromatic carbocycles. The molecule has 0 aliphatic rings. The highest BCUT2D eigenvalue weighted by atomic mass is 16.5. The first-order chi connectivity index (χ1) is 29.9. The van der Waals surface area contributed by atoms with Crippen molar-refractivity contribution in [3.05, 3.63) is 209 Å². The number of nitriles is 1. The average Bonchev–Trinajstić information content (AvgIpc) is 3.27. The van der Waals surface area contributed by atoms with Crippen molar-refractivity contribution in [1.29, 1.82) is 5.26 Å². The number of benzene rings is 7. The molecule has 7 aromatic rings. The lowest BCUT2D eigenvalue weighted by Gasteiger charge is -2.26. The second-order valence-corrected chi connectivity index (χ2v) is 16.8. The van der Waals surface area contributed by atoms with Crippen LogP contribution in [-0.4, -0.2) is 11.2 Å². The molecule has 0 saturated heterocycles. The zero-order chi connectivity index (χ0) is 43.7. The summed E-state index contributed by atoms with van der Waals surface area (Å²) in [7, 11) is 0. The van der Waals surface area contributed by atoms with Crippen LogP contribution in [0.25, 0.3) is 29.1 Å². The van der Waals surface area contributed by atoms with Crippen LogP contribution in [0.15, 0.2) is 170 Å². The fourth-order valence-corrected chi connectivity index (χ4v) is 7.01.